The zero-order chi connectivity index (χ0) is 15.6. The van der Waals surface area contributed by atoms with Crippen molar-refractivity contribution in [2.45, 2.75) is 26.8 Å². The van der Waals surface area contributed by atoms with Crippen molar-refractivity contribution < 1.29 is 9.18 Å². The molecule has 1 aromatic carbocycles. The Morgan fingerprint density at radius 3 is 2.57 bits per heavy atom. The first-order valence-electron chi connectivity index (χ1n) is 6.46. The minimum absolute atomic E-state index is 0.332. The number of nitrogens with zero attached hydrogens (tertiary/aromatic N) is 3. The molecule has 0 aliphatic carbocycles. The summed E-state index contributed by atoms with van der Waals surface area (Å²) in [6.45, 7) is 5.08. The molecule has 1 heterocycles. The Balaban J connectivity index is 2.40. The van der Waals surface area contributed by atoms with Crippen LogP contribution in [-0.4, -0.2) is 21.7 Å². The predicted molar refractivity (Wildman–Crippen MR) is 75.5 cm³/mol. The molecule has 108 valence electrons. The molecule has 0 saturated heterocycles. The van der Waals surface area contributed by atoms with Crippen LogP contribution in [0.2, 0.25) is 0 Å². The van der Waals surface area contributed by atoms with Crippen molar-refractivity contribution in [2.75, 3.05) is 0 Å². The second kappa shape index (κ2) is 5.75. The first-order chi connectivity index (χ1) is 9.93. The highest BCUT2D eigenvalue weighted by molar-refractivity contribution is 5.96. The van der Waals surface area contributed by atoms with E-state index in [1.807, 2.05) is 6.07 Å². The van der Waals surface area contributed by atoms with Gasteiger partial charge in [-0.2, -0.15) is 10.4 Å². The first-order valence-corrected chi connectivity index (χ1v) is 6.46. The number of aryl methyl sites for hydroxylation is 1. The monoisotopic (exact) mass is 286 g/mol. The van der Waals surface area contributed by atoms with E-state index in [4.69, 9.17) is 5.26 Å². The van der Waals surface area contributed by atoms with E-state index in [9.17, 15) is 9.18 Å². The highest BCUT2D eigenvalue weighted by Gasteiger charge is 2.20. The van der Waals surface area contributed by atoms with Gasteiger partial charge in [-0.1, -0.05) is 0 Å². The number of hydrogen-bond donors (Lipinski definition) is 1. The number of nitrogens with one attached hydrogen (secondary N) is 1. The molecule has 21 heavy (non-hydrogen) atoms. The smallest absolute Gasteiger partial charge is 0.256 e. The second-order valence-corrected chi connectivity index (χ2v) is 4.76. The lowest BCUT2D eigenvalue weighted by Crippen LogP contribution is -2.32. The van der Waals surface area contributed by atoms with Crippen LogP contribution in [0, 0.1) is 31.0 Å². The lowest BCUT2D eigenvalue weighted by molar-refractivity contribution is 0.0946. The molecule has 1 amide bonds. The third-order valence-corrected chi connectivity index (χ3v) is 3.13. The molecule has 1 aromatic heterocycles. The Kier molecular flexibility index (Phi) is 4.03. The largest absolute Gasteiger partial charge is 0.336 e. The molecule has 0 unspecified atom stereocenters. The summed E-state index contributed by atoms with van der Waals surface area (Å²) < 4.78 is 14.6. The summed E-state index contributed by atoms with van der Waals surface area (Å²) in [7, 11) is 0. The zero-order valence-electron chi connectivity index (χ0n) is 12.0. The molecule has 5 nitrogen and oxygen atoms in total. The second-order valence-electron chi connectivity index (χ2n) is 4.76. The van der Waals surface area contributed by atoms with Crippen LogP contribution in [0.15, 0.2) is 24.3 Å². The van der Waals surface area contributed by atoms with Gasteiger partial charge in [0.05, 0.1) is 28.7 Å². The highest BCUT2D eigenvalue weighted by atomic mass is 19.1. The maximum atomic E-state index is 13.0. The number of halogens is 1. The van der Waals surface area contributed by atoms with Gasteiger partial charge in [0.2, 0.25) is 0 Å². The molecule has 0 aliphatic heterocycles. The number of carbonyl (C=O) groups excluding carboxylic acids is 1. The summed E-state index contributed by atoms with van der Waals surface area (Å²) in [4.78, 5) is 12.2. The van der Waals surface area contributed by atoms with Gasteiger partial charge >= 0.3 is 0 Å². The van der Waals surface area contributed by atoms with Crippen molar-refractivity contribution in [3.05, 3.63) is 47.0 Å². The van der Waals surface area contributed by atoms with Crippen molar-refractivity contribution in [3.8, 4) is 11.8 Å². The van der Waals surface area contributed by atoms with Gasteiger partial charge in [0.25, 0.3) is 5.91 Å². The fourth-order valence-corrected chi connectivity index (χ4v) is 2.11. The van der Waals surface area contributed by atoms with E-state index in [0.29, 0.717) is 22.6 Å². The Hall–Kier alpha value is -2.68. The lowest BCUT2D eigenvalue weighted by atomic mass is 10.1. The van der Waals surface area contributed by atoms with E-state index in [1.165, 1.54) is 12.1 Å². The van der Waals surface area contributed by atoms with E-state index >= 15 is 0 Å². The summed E-state index contributed by atoms with van der Waals surface area (Å²) in [5.74, 6) is -0.673. The van der Waals surface area contributed by atoms with Crippen LogP contribution in [0.1, 0.15) is 28.7 Å². The van der Waals surface area contributed by atoms with E-state index in [2.05, 4.69) is 10.4 Å². The van der Waals surface area contributed by atoms with Gasteiger partial charge in [-0.25, -0.2) is 9.07 Å². The summed E-state index contributed by atoms with van der Waals surface area (Å²) >= 11 is 0. The Morgan fingerprint density at radius 1 is 1.38 bits per heavy atom. The molecular weight excluding hydrogens is 271 g/mol. The van der Waals surface area contributed by atoms with Crippen molar-refractivity contribution >= 4 is 5.91 Å². The Bertz CT molecular complexity index is 713. The Morgan fingerprint density at radius 2 is 2.00 bits per heavy atom. The van der Waals surface area contributed by atoms with Crippen molar-refractivity contribution in [2.24, 2.45) is 0 Å². The van der Waals surface area contributed by atoms with Crippen molar-refractivity contribution in [3.63, 3.8) is 0 Å². The topological polar surface area (TPSA) is 70.7 Å². The van der Waals surface area contributed by atoms with Gasteiger partial charge in [-0.05, 0) is 45.0 Å². The molecule has 0 spiro atoms. The fourth-order valence-electron chi connectivity index (χ4n) is 2.11. The van der Waals surface area contributed by atoms with Crippen molar-refractivity contribution in [1.82, 2.24) is 15.1 Å². The van der Waals surface area contributed by atoms with Crippen LogP contribution in [0.4, 0.5) is 4.39 Å². The van der Waals surface area contributed by atoms with Crippen LogP contribution in [0.3, 0.4) is 0 Å². The SMILES string of the molecule is Cc1nn(-c2ccc(F)cc2)c(C)c1C(=O)N[C@H](C)C#N. The third kappa shape index (κ3) is 2.92. The van der Waals surface area contributed by atoms with Crippen LogP contribution >= 0.6 is 0 Å². The average Bonchev–Trinajstić information content (AvgIpc) is 2.74. The molecule has 0 bridgehead atoms. The molecule has 2 rings (SSSR count). The molecule has 0 aliphatic rings. The number of aromatic nitrogens is 2. The van der Waals surface area contributed by atoms with Gasteiger partial charge in [0.15, 0.2) is 0 Å². The maximum absolute atomic E-state index is 13.0. The van der Waals surface area contributed by atoms with Gasteiger partial charge in [0.1, 0.15) is 11.9 Å². The molecule has 2 aromatic rings. The predicted octanol–water partition coefficient (Wildman–Crippen LogP) is 2.27. The van der Waals surface area contributed by atoms with Crippen molar-refractivity contribution in [1.29, 1.82) is 5.26 Å². The van der Waals surface area contributed by atoms with Crippen LogP contribution in [-0.2, 0) is 0 Å². The number of amides is 1. The highest BCUT2D eigenvalue weighted by Crippen LogP contribution is 2.18. The summed E-state index contributed by atoms with van der Waals surface area (Å²) in [5, 5.41) is 15.7. The number of benzene rings is 1. The van der Waals surface area contributed by atoms with Gasteiger partial charge in [0, 0.05) is 0 Å². The van der Waals surface area contributed by atoms with Crippen LogP contribution in [0.5, 0.6) is 0 Å². The minimum atomic E-state index is -0.578. The molecule has 1 atom stereocenters. The van der Waals surface area contributed by atoms with E-state index < -0.39 is 6.04 Å². The summed E-state index contributed by atoms with van der Waals surface area (Å²) in [5.41, 5.74) is 2.30. The number of nitriles is 1. The molecular formula is C15H15FN4O. The average molecular weight is 286 g/mol. The summed E-state index contributed by atoms with van der Waals surface area (Å²) in [6.07, 6.45) is 0. The molecule has 0 fully saturated rings. The number of carbonyl (C=O) groups is 1. The van der Waals surface area contributed by atoms with Crippen LogP contribution in [0.25, 0.3) is 5.69 Å². The number of rotatable bonds is 3. The first kappa shape index (κ1) is 14.7. The van der Waals surface area contributed by atoms with Crippen LogP contribution < -0.4 is 5.32 Å². The molecule has 0 saturated carbocycles. The zero-order valence-corrected chi connectivity index (χ0v) is 12.0. The third-order valence-electron chi connectivity index (χ3n) is 3.13. The van der Waals surface area contributed by atoms with Gasteiger partial charge in [-0.3, -0.25) is 4.79 Å². The van der Waals surface area contributed by atoms with E-state index in [1.54, 1.807) is 37.6 Å². The minimum Gasteiger partial charge on any atom is -0.336 e. The molecule has 6 heteroatoms. The standard InChI is InChI=1S/C15H15FN4O/c1-9(8-17)18-15(21)14-10(2)19-20(11(14)3)13-6-4-12(16)5-7-13/h4-7,9H,1-3H3,(H,18,21)/t9-/m1/s1. The fraction of sp³-hybridized carbons (Fsp3) is 0.267. The van der Waals surface area contributed by atoms with E-state index in [-0.39, 0.29) is 11.7 Å². The molecule has 1 N–H and O–H groups in total. The number of hydrogen-bond acceptors (Lipinski definition) is 3. The quantitative estimate of drug-likeness (QED) is 0.941. The van der Waals surface area contributed by atoms with Gasteiger partial charge in [-0.15, -0.1) is 0 Å². The maximum Gasteiger partial charge on any atom is 0.256 e. The summed E-state index contributed by atoms with van der Waals surface area (Å²) in [6, 6.07) is 7.23. The van der Waals surface area contributed by atoms with Gasteiger partial charge < -0.3 is 5.32 Å². The Labute approximate surface area is 122 Å². The van der Waals surface area contributed by atoms with E-state index in [0.717, 1.165) is 0 Å². The normalized spacial score (nSPS) is 11.8. The lowest BCUT2D eigenvalue weighted by Gasteiger charge is -2.07. The molecule has 0 radical (unpaired) electrons.